The van der Waals surface area contributed by atoms with Crippen molar-refractivity contribution in [1.29, 1.82) is 0 Å². The quantitative estimate of drug-likeness (QED) is 0.681. The predicted octanol–water partition coefficient (Wildman–Crippen LogP) is 3.47. The number of benzene rings is 2. The van der Waals surface area contributed by atoms with Gasteiger partial charge in [0.15, 0.2) is 0 Å². The van der Waals surface area contributed by atoms with Crippen LogP contribution in [-0.2, 0) is 16.6 Å². The minimum Gasteiger partial charge on any atom is -0.322 e. The third-order valence-corrected chi connectivity index (χ3v) is 6.63. The Hall–Kier alpha value is -2.91. The van der Waals surface area contributed by atoms with Crippen LogP contribution in [0.25, 0.3) is 0 Å². The Morgan fingerprint density at radius 3 is 2.79 bits per heavy atom. The number of fused-ring (bicyclic) bond motifs is 1. The molecule has 1 amide bonds. The lowest BCUT2D eigenvalue weighted by Crippen LogP contribution is -2.38. The summed E-state index contributed by atoms with van der Waals surface area (Å²) in [5, 5.41) is 2.58. The molecule has 0 spiro atoms. The Balaban J connectivity index is 1.68. The second kappa shape index (κ2) is 7.49. The molecule has 1 aliphatic heterocycles. The smallest absolute Gasteiger partial charge is 0.322 e. The van der Waals surface area contributed by atoms with Gasteiger partial charge in [-0.3, -0.25) is 9.10 Å². The van der Waals surface area contributed by atoms with Crippen molar-refractivity contribution in [3.8, 4) is 0 Å². The first-order chi connectivity index (χ1) is 13.9. The van der Waals surface area contributed by atoms with E-state index in [9.17, 15) is 17.6 Å². The summed E-state index contributed by atoms with van der Waals surface area (Å²) in [5.74, 6) is -1.45. The Labute approximate surface area is 171 Å². The van der Waals surface area contributed by atoms with E-state index >= 15 is 0 Å². The molecule has 0 radical (unpaired) electrons. The molecule has 10 heteroatoms. The highest BCUT2D eigenvalue weighted by molar-refractivity contribution is 7.91. The average Bonchev–Trinajstić information content (AvgIpc) is 3.23. The number of aromatic nitrogens is 2. The number of halogens is 2. The minimum absolute atomic E-state index is 0.00947. The number of rotatable bonds is 4. The molecule has 7 nitrogen and oxygen atoms in total. The summed E-state index contributed by atoms with van der Waals surface area (Å²) in [6.07, 6.45) is 5.33. The molecule has 2 aromatic carbocycles. The zero-order valence-electron chi connectivity index (χ0n) is 15.0. The van der Waals surface area contributed by atoms with Gasteiger partial charge < -0.3 is 5.32 Å². The van der Waals surface area contributed by atoms with Gasteiger partial charge in [0, 0.05) is 24.6 Å². The predicted molar refractivity (Wildman–Crippen MR) is 108 cm³/mol. The molecular formula is C19H16ClFN4O3S. The molecule has 1 aliphatic rings. The molecule has 0 saturated carbocycles. The first-order valence-corrected chi connectivity index (χ1v) is 10.5. The number of hydrogen-bond acceptors (Lipinski definition) is 4. The second-order valence-electron chi connectivity index (χ2n) is 6.47. The van der Waals surface area contributed by atoms with E-state index in [0.29, 0.717) is 30.8 Å². The van der Waals surface area contributed by atoms with Crippen LogP contribution in [0.3, 0.4) is 0 Å². The van der Waals surface area contributed by atoms with Crippen molar-refractivity contribution in [1.82, 2.24) is 8.96 Å². The van der Waals surface area contributed by atoms with E-state index in [-0.39, 0.29) is 10.6 Å². The van der Waals surface area contributed by atoms with Crippen molar-refractivity contribution in [3.05, 3.63) is 77.1 Å². The van der Waals surface area contributed by atoms with Crippen molar-refractivity contribution in [2.24, 2.45) is 0 Å². The number of nitrogens with one attached hydrogen (secondary N) is 1. The van der Waals surface area contributed by atoms with Crippen LogP contribution >= 0.6 is 11.6 Å². The second-order valence-corrected chi connectivity index (χ2v) is 8.64. The van der Waals surface area contributed by atoms with Crippen LogP contribution in [0.1, 0.15) is 22.3 Å². The summed E-state index contributed by atoms with van der Waals surface area (Å²) in [5.41, 5.74) is 1.36. The topological polar surface area (TPSA) is 84.3 Å². The maximum Gasteiger partial charge on any atom is 0.331 e. The SMILES string of the molecule is O=C(Nc1ccc2c(c1)N(S(=O)(=O)n1ccnc1)CCC2)c1c(F)cccc1Cl. The van der Waals surface area contributed by atoms with Gasteiger partial charge >= 0.3 is 10.2 Å². The van der Waals surface area contributed by atoms with Crippen molar-refractivity contribution < 1.29 is 17.6 Å². The van der Waals surface area contributed by atoms with E-state index < -0.39 is 21.9 Å². The molecule has 1 aromatic heterocycles. The summed E-state index contributed by atoms with van der Waals surface area (Å²) in [6, 6.07) is 8.95. The average molecular weight is 435 g/mol. The first-order valence-electron chi connectivity index (χ1n) is 8.77. The van der Waals surface area contributed by atoms with E-state index in [1.54, 1.807) is 18.2 Å². The molecule has 29 heavy (non-hydrogen) atoms. The van der Waals surface area contributed by atoms with Gasteiger partial charge in [-0.1, -0.05) is 23.7 Å². The molecular weight excluding hydrogens is 419 g/mol. The molecule has 0 saturated heterocycles. The highest BCUT2D eigenvalue weighted by Crippen LogP contribution is 2.33. The van der Waals surface area contributed by atoms with Gasteiger partial charge in [-0.15, -0.1) is 0 Å². The van der Waals surface area contributed by atoms with Gasteiger partial charge in [-0.25, -0.2) is 13.3 Å². The summed E-state index contributed by atoms with van der Waals surface area (Å²) in [7, 11) is -3.85. The number of carbonyl (C=O) groups is 1. The Bertz CT molecular complexity index is 1160. The third-order valence-electron chi connectivity index (χ3n) is 4.63. The molecule has 2 heterocycles. The lowest BCUT2D eigenvalue weighted by molar-refractivity contribution is 0.102. The normalized spacial score (nSPS) is 13.8. The van der Waals surface area contributed by atoms with Crippen LogP contribution < -0.4 is 9.62 Å². The fraction of sp³-hybridized carbons (Fsp3) is 0.158. The molecule has 3 aromatic rings. The van der Waals surface area contributed by atoms with E-state index in [4.69, 9.17) is 11.6 Å². The van der Waals surface area contributed by atoms with Crippen LogP contribution in [0.5, 0.6) is 0 Å². The number of aryl methyl sites for hydroxylation is 1. The van der Waals surface area contributed by atoms with Crippen molar-refractivity contribution in [2.75, 3.05) is 16.2 Å². The zero-order valence-corrected chi connectivity index (χ0v) is 16.6. The van der Waals surface area contributed by atoms with E-state index in [0.717, 1.165) is 15.6 Å². The molecule has 0 unspecified atom stereocenters. The largest absolute Gasteiger partial charge is 0.331 e. The Kier molecular flexibility index (Phi) is 5.01. The molecule has 150 valence electrons. The van der Waals surface area contributed by atoms with Crippen LogP contribution in [-0.4, -0.2) is 29.8 Å². The van der Waals surface area contributed by atoms with Crippen molar-refractivity contribution in [3.63, 3.8) is 0 Å². The lowest BCUT2D eigenvalue weighted by Gasteiger charge is -2.30. The van der Waals surface area contributed by atoms with Gasteiger partial charge in [0.1, 0.15) is 12.1 Å². The number of hydrogen-bond donors (Lipinski definition) is 1. The van der Waals surface area contributed by atoms with Gasteiger partial charge in [0.05, 0.1) is 16.3 Å². The number of nitrogens with zero attached hydrogens (tertiary/aromatic N) is 3. The number of imidazole rings is 1. The van der Waals surface area contributed by atoms with Crippen LogP contribution in [0.15, 0.2) is 55.1 Å². The highest BCUT2D eigenvalue weighted by Gasteiger charge is 2.29. The Morgan fingerprint density at radius 1 is 1.24 bits per heavy atom. The molecule has 4 rings (SSSR count). The van der Waals surface area contributed by atoms with Crippen molar-refractivity contribution in [2.45, 2.75) is 12.8 Å². The monoisotopic (exact) mass is 434 g/mol. The number of carbonyl (C=O) groups excluding carboxylic acids is 1. The standard InChI is InChI=1S/C19H16ClFN4O3S/c20-15-4-1-5-16(21)18(15)19(26)23-14-7-6-13-3-2-9-25(17(13)11-14)29(27,28)24-10-8-22-12-24/h1,4-8,10-12H,2-3,9H2,(H,23,26). The van der Waals surface area contributed by atoms with Crippen LogP contribution in [0, 0.1) is 5.82 Å². The summed E-state index contributed by atoms with van der Waals surface area (Å²) in [6.45, 7) is 0.296. The first kappa shape index (κ1) is 19.4. The molecule has 0 fully saturated rings. The van der Waals surface area contributed by atoms with Crippen LogP contribution in [0.2, 0.25) is 5.02 Å². The van der Waals surface area contributed by atoms with Gasteiger partial charge in [-0.2, -0.15) is 8.42 Å². The summed E-state index contributed by atoms with van der Waals surface area (Å²) >= 11 is 5.95. The van der Waals surface area contributed by atoms with Crippen LogP contribution in [0.4, 0.5) is 15.8 Å². The molecule has 0 bridgehead atoms. The van der Waals surface area contributed by atoms with Gasteiger partial charge in [0.25, 0.3) is 5.91 Å². The van der Waals surface area contributed by atoms with E-state index in [1.807, 2.05) is 0 Å². The fourth-order valence-corrected chi connectivity index (χ4v) is 4.90. The fourth-order valence-electron chi connectivity index (χ4n) is 3.26. The van der Waals surface area contributed by atoms with Crippen molar-refractivity contribution >= 4 is 39.1 Å². The van der Waals surface area contributed by atoms with Gasteiger partial charge in [0.2, 0.25) is 0 Å². The number of amides is 1. The number of anilines is 2. The summed E-state index contributed by atoms with van der Waals surface area (Å²) in [4.78, 5) is 16.3. The molecule has 1 N–H and O–H groups in total. The minimum atomic E-state index is -3.85. The molecule has 0 atom stereocenters. The Morgan fingerprint density at radius 2 is 2.07 bits per heavy atom. The van der Waals surface area contributed by atoms with Gasteiger partial charge in [-0.05, 0) is 42.7 Å². The maximum atomic E-state index is 14.0. The zero-order chi connectivity index (χ0) is 20.6. The third kappa shape index (κ3) is 3.58. The van der Waals surface area contributed by atoms with E-state index in [2.05, 4.69) is 10.3 Å². The molecule has 0 aliphatic carbocycles. The summed E-state index contributed by atoms with van der Waals surface area (Å²) < 4.78 is 42.2. The van der Waals surface area contributed by atoms with E-state index in [1.165, 1.54) is 35.2 Å². The maximum absolute atomic E-state index is 14.0. The lowest BCUT2D eigenvalue weighted by atomic mass is 10.0. The highest BCUT2D eigenvalue weighted by atomic mass is 35.5.